The lowest BCUT2D eigenvalue weighted by molar-refractivity contribution is 0.198. The normalized spacial score (nSPS) is 18.6. The van der Waals surface area contributed by atoms with Gasteiger partial charge >= 0.3 is 0 Å². The van der Waals surface area contributed by atoms with Crippen LogP contribution in [0.25, 0.3) is 11.1 Å². The van der Waals surface area contributed by atoms with E-state index in [0.29, 0.717) is 12.5 Å². The first-order valence-corrected chi connectivity index (χ1v) is 6.96. The zero-order chi connectivity index (χ0) is 14.1. The van der Waals surface area contributed by atoms with Crippen molar-refractivity contribution < 1.29 is 5.11 Å². The molecule has 1 saturated heterocycles. The largest absolute Gasteiger partial charge is 0.391 e. The SMILES string of the molecule is Cc1ccc(-c2cnc(N3CCC(O)C3)nc2)c(C)c1. The Morgan fingerprint density at radius 3 is 2.55 bits per heavy atom. The van der Waals surface area contributed by atoms with E-state index < -0.39 is 0 Å². The molecular formula is C16H19N3O. The second kappa shape index (κ2) is 5.21. The van der Waals surface area contributed by atoms with Crippen molar-refractivity contribution in [2.75, 3.05) is 18.0 Å². The van der Waals surface area contributed by atoms with E-state index in [1.54, 1.807) is 0 Å². The first-order chi connectivity index (χ1) is 9.63. The number of aromatic nitrogens is 2. The van der Waals surface area contributed by atoms with E-state index in [1.165, 1.54) is 16.7 Å². The molecule has 2 aromatic rings. The van der Waals surface area contributed by atoms with Crippen molar-refractivity contribution in [2.45, 2.75) is 26.4 Å². The molecule has 0 spiro atoms. The van der Waals surface area contributed by atoms with Crippen molar-refractivity contribution in [3.8, 4) is 11.1 Å². The lowest BCUT2D eigenvalue weighted by atomic mass is 10.0. The minimum atomic E-state index is -0.252. The van der Waals surface area contributed by atoms with Gasteiger partial charge in [0, 0.05) is 31.0 Å². The highest BCUT2D eigenvalue weighted by Crippen LogP contribution is 2.24. The molecule has 1 atom stereocenters. The lowest BCUT2D eigenvalue weighted by Crippen LogP contribution is -2.23. The fourth-order valence-corrected chi connectivity index (χ4v) is 2.68. The van der Waals surface area contributed by atoms with Gasteiger partial charge in [0.2, 0.25) is 5.95 Å². The third-order valence-electron chi connectivity index (χ3n) is 3.78. The van der Waals surface area contributed by atoms with Crippen molar-refractivity contribution in [3.05, 3.63) is 41.7 Å². The Labute approximate surface area is 119 Å². The molecule has 20 heavy (non-hydrogen) atoms. The van der Waals surface area contributed by atoms with Crippen molar-refractivity contribution in [1.82, 2.24) is 9.97 Å². The van der Waals surface area contributed by atoms with Gasteiger partial charge in [0.15, 0.2) is 0 Å². The van der Waals surface area contributed by atoms with E-state index in [1.807, 2.05) is 17.3 Å². The summed E-state index contributed by atoms with van der Waals surface area (Å²) in [7, 11) is 0. The minimum absolute atomic E-state index is 0.252. The molecule has 4 heteroatoms. The molecule has 0 saturated carbocycles. The van der Waals surface area contributed by atoms with E-state index in [2.05, 4.69) is 42.0 Å². The number of aryl methyl sites for hydroxylation is 2. The van der Waals surface area contributed by atoms with Crippen molar-refractivity contribution in [2.24, 2.45) is 0 Å². The maximum atomic E-state index is 9.56. The maximum Gasteiger partial charge on any atom is 0.225 e. The van der Waals surface area contributed by atoms with Crippen LogP contribution in [0.3, 0.4) is 0 Å². The third-order valence-corrected chi connectivity index (χ3v) is 3.78. The Hall–Kier alpha value is -1.94. The second-order valence-electron chi connectivity index (χ2n) is 5.48. The Morgan fingerprint density at radius 2 is 1.95 bits per heavy atom. The predicted molar refractivity (Wildman–Crippen MR) is 79.8 cm³/mol. The summed E-state index contributed by atoms with van der Waals surface area (Å²) < 4.78 is 0. The smallest absolute Gasteiger partial charge is 0.225 e. The number of aliphatic hydroxyl groups is 1. The number of aliphatic hydroxyl groups excluding tert-OH is 1. The molecule has 4 nitrogen and oxygen atoms in total. The quantitative estimate of drug-likeness (QED) is 0.909. The van der Waals surface area contributed by atoms with Crippen LogP contribution in [0, 0.1) is 13.8 Å². The maximum absolute atomic E-state index is 9.56. The highest BCUT2D eigenvalue weighted by Gasteiger charge is 2.22. The molecule has 0 bridgehead atoms. The van der Waals surface area contributed by atoms with Gasteiger partial charge in [0.05, 0.1) is 6.10 Å². The van der Waals surface area contributed by atoms with Crippen LogP contribution in [0.4, 0.5) is 5.95 Å². The molecule has 1 unspecified atom stereocenters. The molecule has 1 aromatic carbocycles. The number of rotatable bonds is 2. The summed E-state index contributed by atoms with van der Waals surface area (Å²) in [5.74, 6) is 0.704. The molecule has 1 aliphatic heterocycles. The fraction of sp³-hybridized carbons (Fsp3) is 0.375. The first-order valence-electron chi connectivity index (χ1n) is 6.96. The van der Waals surface area contributed by atoms with Gasteiger partial charge in [0.25, 0.3) is 0 Å². The average molecular weight is 269 g/mol. The molecule has 1 fully saturated rings. The molecule has 2 heterocycles. The number of benzene rings is 1. The standard InChI is InChI=1S/C16H19N3O/c1-11-3-4-15(12(2)7-11)13-8-17-16(18-9-13)19-6-5-14(20)10-19/h3-4,7-9,14,20H,5-6,10H2,1-2H3. The molecule has 104 valence electrons. The van der Waals surface area contributed by atoms with E-state index in [9.17, 15) is 5.11 Å². The van der Waals surface area contributed by atoms with Crippen molar-refractivity contribution >= 4 is 5.95 Å². The topological polar surface area (TPSA) is 49.2 Å². The van der Waals surface area contributed by atoms with Gasteiger partial charge in [0.1, 0.15) is 0 Å². The Kier molecular flexibility index (Phi) is 3.40. The summed E-state index contributed by atoms with van der Waals surface area (Å²) in [6.45, 7) is 5.65. The molecule has 0 amide bonds. The summed E-state index contributed by atoms with van der Waals surface area (Å²) in [6, 6.07) is 6.38. The number of hydrogen-bond donors (Lipinski definition) is 1. The molecule has 0 radical (unpaired) electrons. The monoisotopic (exact) mass is 269 g/mol. The molecule has 0 aliphatic carbocycles. The van der Waals surface area contributed by atoms with Gasteiger partial charge in [-0.15, -0.1) is 0 Å². The van der Waals surface area contributed by atoms with Crippen LogP contribution in [0.5, 0.6) is 0 Å². The molecule has 1 aliphatic rings. The van der Waals surface area contributed by atoms with Gasteiger partial charge in [-0.1, -0.05) is 23.8 Å². The Morgan fingerprint density at radius 1 is 1.20 bits per heavy atom. The average Bonchev–Trinajstić information content (AvgIpc) is 2.86. The van der Waals surface area contributed by atoms with Gasteiger partial charge in [-0.25, -0.2) is 9.97 Å². The fourth-order valence-electron chi connectivity index (χ4n) is 2.68. The number of anilines is 1. The van der Waals surface area contributed by atoms with Crippen LogP contribution in [0.15, 0.2) is 30.6 Å². The van der Waals surface area contributed by atoms with Crippen LogP contribution in [0.1, 0.15) is 17.5 Å². The molecule has 1 N–H and O–H groups in total. The number of nitrogens with zero attached hydrogens (tertiary/aromatic N) is 3. The highest BCUT2D eigenvalue weighted by molar-refractivity contribution is 5.66. The summed E-state index contributed by atoms with van der Waals surface area (Å²) in [5.41, 5.74) is 4.70. The summed E-state index contributed by atoms with van der Waals surface area (Å²) in [6.07, 6.45) is 4.27. The van der Waals surface area contributed by atoms with Crippen molar-refractivity contribution in [1.29, 1.82) is 0 Å². The summed E-state index contributed by atoms with van der Waals surface area (Å²) >= 11 is 0. The van der Waals surface area contributed by atoms with Crippen LogP contribution in [-0.4, -0.2) is 34.3 Å². The van der Waals surface area contributed by atoms with Crippen molar-refractivity contribution in [3.63, 3.8) is 0 Å². The van der Waals surface area contributed by atoms with Gasteiger partial charge in [-0.3, -0.25) is 0 Å². The minimum Gasteiger partial charge on any atom is -0.391 e. The van der Waals surface area contributed by atoms with E-state index in [0.717, 1.165) is 18.5 Å². The Balaban J connectivity index is 1.85. The van der Waals surface area contributed by atoms with E-state index in [-0.39, 0.29) is 6.10 Å². The van der Waals surface area contributed by atoms with Gasteiger partial charge < -0.3 is 10.0 Å². The second-order valence-corrected chi connectivity index (χ2v) is 5.48. The lowest BCUT2D eigenvalue weighted by Gasteiger charge is -2.15. The van der Waals surface area contributed by atoms with Crippen LogP contribution in [0.2, 0.25) is 0 Å². The van der Waals surface area contributed by atoms with Crippen LogP contribution in [-0.2, 0) is 0 Å². The molecule has 1 aromatic heterocycles. The zero-order valence-corrected chi connectivity index (χ0v) is 11.9. The number of β-amino-alcohol motifs (C(OH)–C–C–N with tert-alkyl or cyclic N) is 1. The number of hydrogen-bond acceptors (Lipinski definition) is 4. The van der Waals surface area contributed by atoms with Gasteiger partial charge in [-0.2, -0.15) is 0 Å². The van der Waals surface area contributed by atoms with Gasteiger partial charge in [-0.05, 0) is 31.4 Å². The third kappa shape index (κ3) is 2.51. The highest BCUT2D eigenvalue weighted by atomic mass is 16.3. The summed E-state index contributed by atoms with van der Waals surface area (Å²) in [5, 5.41) is 9.56. The molecular weight excluding hydrogens is 250 g/mol. The first kappa shape index (κ1) is 13.1. The zero-order valence-electron chi connectivity index (χ0n) is 11.9. The summed E-state index contributed by atoms with van der Waals surface area (Å²) in [4.78, 5) is 10.9. The van der Waals surface area contributed by atoms with E-state index in [4.69, 9.17) is 0 Å². The van der Waals surface area contributed by atoms with Crippen LogP contribution < -0.4 is 4.90 Å². The Bertz CT molecular complexity index is 610. The predicted octanol–water partition coefficient (Wildman–Crippen LogP) is 2.33. The van der Waals surface area contributed by atoms with E-state index >= 15 is 0 Å². The molecule has 3 rings (SSSR count). The van der Waals surface area contributed by atoms with Crippen LogP contribution >= 0.6 is 0 Å².